The number of nitrogens with zero attached hydrogens (tertiary/aromatic N) is 3. The first-order chi connectivity index (χ1) is 13.3. The topological polar surface area (TPSA) is 102 Å². The average molecular weight is 391 g/mol. The Morgan fingerprint density at radius 1 is 1.36 bits per heavy atom. The number of benzene rings is 1. The van der Waals surface area contributed by atoms with Crippen molar-refractivity contribution in [1.29, 1.82) is 0 Å². The largest absolute Gasteiger partial charge is 0.465 e. The third-order valence-corrected chi connectivity index (χ3v) is 5.48. The van der Waals surface area contributed by atoms with Crippen LogP contribution in [0.2, 0.25) is 0 Å². The lowest BCUT2D eigenvalue weighted by atomic mass is 9.87. The molecule has 3 N–H and O–H groups in total. The maximum atomic E-state index is 14.4. The highest BCUT2D eigenvalue weighted by Crippen LogP contribution is 2.36. The van der Waals surface area contributed by atoms with Gasteiger partial charge >= 0.3 is 6.09 Å². The average Bonchev–Trinajstić information content (AvgIpc) is 3.22. The second-order valence-electron chi connectivity index (χ2n) is 7.15. The van der Waals surface area contributed by atoms with E-state index in [-0.39, 0.29) is 17.9 Å². The monoisotopic (exact) mass is 391 g/mol. The number of hydrogen-bond acceptors (Lipinski definition) is 4. The number of fused-ring (bicyclic) bond motifs is 1. The summed E-state index contributed by atoms with van der Waals surface area (Å²) in [4.78, 5) is 27.6. The predicted octanol–water partition coefficient (Wildman–Crippen LogP) is 1.61. The molecule has 28 heavy (non-hydrogen) atoms. The number of likely N-dealkylation sites (N-methyl/N-ethyl adjacent to an activating group) is 1. The third-order valence-electron chi connectivity index (χ3n) is 5.48. The molecule has 0 unspecified atom stereocenters. The minimum absolute atomic E-state index is 0.0520. The lowest BCUT2D eigenvalue weighted by molar-refractivity contribution is -0.144. The molecule has 2 aromatic rings. The molecule has 1 aromatic carbocycles. The van der Waals surface area contributed by atoms with Gasteiger partial charge in [0.25, 0.3) is 0 Å². The Hall–Kier alpha value is -3.01. The highest BCUT2D eigenvalue weighted by molar-refractivity contribution is 5.84. The third kappa shape index (κ3) is 3.09. The first kappa shape index (κ1) is 18.4. The lowest BCUT2D eigenvalue weighted by Gasteiger charge is -2.45. The summed E-state index contributed by atoms with van der Waals surface area (Å²) in [5, 5.41) is 18.5. The number of halogens is 2. The van der Waals surface area contributed by atoms with Crippen molar-refractivity contribution in [3.05, 3.63) is 52.9 Å². The number of likely N-dealkylation sites (tertiary alicyclic amines) is 1. The second-order valence-corrected chi connectivity index (χ2v) is 7.15. The summed E-state index contributed by atoms with van der Waals surface area (Å²) in [5.41, 5.74) is 1.84. The van der Waals surface area contributed by atoms with Crippen LogP contribution in [-0.2, 0) is 17.9 Å². The minimum atomic E-state index is -1.29. The van der Waals surface area contributed by atoms with Crippen LogP contribution >= 0.6 is 0 Å². The van der Waals surface area contributed by atoms with Gasteiger partial charge in [0.05, 0.1) is 30.0 Å². The number of aromatic amines is 1. The van der Waals surface area contributed by atoms with Crippen LogP contribution in [0.4, 0.5) is 13.6 Å². The number of aromatic nitrogens is 2. The Balaban J connectivity index is 1.65. The zero-order valence-corrected chi connectivity index (χ0v) is 15.0. The summed E-state index contributed by atoms with van der Waals surface area (Å²) in [6, 6.07) is 0.643. The van der Waals surface area contributed by atoms with E-state index in [2.05, 4.69) is 15.5 Å². The van der Waals surface area contributed by atoms with Gasteiger partial charge in [-0.15, -0.1) is 0 Å². The van der Waals surface area contributed by atoms with Crippen molar-refractivity contribution in [3.63, 3.8) is 0 Å². The maximum absolute atomic E-state index is 14.4. The number of carbonyl (C=O) groups excluding carboxylic acids is 1. The molecule has 1 saturated heterocycles. The van der Waals surface area contributed by atoms with E-state index in [0.29, 0.717) is 13.1 Å². The molecule has 0 bridgehead atoms. The molecule has 2 amide bonds. The van der Waals surface area contributed by atoms with Gasteiger partial charge in [0.15, 0.2) is 0 Å². The smallest absolute Gasteiger partial charge is 0.404 e. The molecule has 0 spiro atoms. The number of rotatable bonds is 3. The number of piperidine rings is 1. The molecule has 0 aliphatic carbocycles. The first-order valence-corrected chi connectivity index (χ1v) is 8.81. The summed E-state index contributed by atoms with van der Waals surface area (Å²) >= 11 is 0. The summed E-state index contributed by atoms with van der Waals surface area (Å²) in [6.45, 7) is 0.993. The van der Waals surface area contributed by atoms with Gasteiger partial charge in [0.2, 0.25) is 5.91 Å². The van der Waals surface area contributed by atoms with E-state index in [0.717, 1.165) is 29.5 Å². The summed E-state index contributed by atoms with van der Waals surface area (Å²) < 4.78 is 28.1. The van der Waals surface area contributed by atoms with Crippen LogP contribution in [0.3, 0.4) is 0 Å². The Kier molecular flexibility index (Phi) is 4.50. The van der Waals surface area contributed by atoms with Crippen molar-refractivity contribution in [2.75, 3.05) is 7.05 Å². The Morgan fingerprint density at radius 3 is 2.86 bits per heavy atom. The molecule has 148 valence electrons. The number of H-pyrrole nitrogens is 1. The van der Waals surface area contributed by atoms with Gasteiger partial charge in [0.1, 0.15) is 11.6 Å². The van der Waals surface area contributed by atoms with E-state index in [1.165, 1.54) is 11.9 Å². The van der Waals surface area contributed by atoms with Crippen LogP contribution in [0.1, 0.15) is 29.3 Å². The van der Waals surface area contributed by atoms with Crippen LogP contribution in [0.15, 0.2) is 24.4 Å². The molecule has 0 saturated carbocycles. The Morgan fingerprint density at radius 2 is 2.14 bits per heavy atom. The van der Waals surface area contributed by atoms with Crippen LogP contribution in [0.25, 0.3) is 0 Å². The molecule has 4 rings (SSSR count). The fraction of sp³-hybridized carbons (Fsp3) is 0.389. The standard InChI is InChI=1S/C18H19F2N5O3/c1-24-16(11-4-10(19)2-3-12(11)20)13(22-18(27)28)5-15(17(24)26)25-7-9-6-21-23-14(9)8-25/h2-4,6,13,15-16,22H,5,7-8H2,1H3,(H,21,23)(H,27,28)/t13-,15+,16+/m0/s1. The molecule has 0 radical (unpaired) electrons. The van der Waals surface area contributed by atoms with E-state index in [1.807, 2.05) is 4.90 Å². The van der Waals surface area contributed by atoms with Crippen molar-refractivity contribution >= 4 is 12.0 Å². The summed E-state index contributed by atoms with van der Waals surface area (Å²) in [5.74, 6) is -1.61. The van der Waals surface area contributed by atoms with E-state index >= 15 is 0 Å². The van der Waals surface area contributed by atoms with Crippen molar-refractivity contribution in [2.24, 2.45) is 0 Å². The number of carboxylic acid groups (broad SMARTS) is 1. The van der Waals surface area contributed by atoms with Crippen LogP contribution in [-0.4, -0.2) is 56.2 Å². The Bertz CT molecular complexity index is 913. The highest BCUT2D eigenvalue weighted by atomic mass is 19.1. The first-order valence-electron chi connectivity index (χ1n) is 8.81. The van der Waals surface area contributed by atoms with Crippen LogP contribution in [0, 0.1) is 11.6 Å². The van der Waals surface area contributed by atoms with E-state index < -0.39 is 35.9 Å². The van der Waals surface area contributed by atoms with Crippen LogP contribution < -0.4 is 5.32 Å². The molecule has 3 heterocycles. The molecule has 1 fully saturated rings. The molecule has 2 aliphatic heterocycles. The highest BCUT2D eigenvalue weighted by Gasteiger charge is 2.45. The van der Waals surface area contributed by atoms with E-state index in [4.69, 9.17) is 0 Å². The van der Waals surface area contributed by atoms with Gasteiger partial charge in [-0.05, 0) is 24.6 Å². The minimum Gasteiger partial charge on any atom is -0.465 e. The molecular weight excluding hydrogens is 372 g/mol. The van der Waals surface area contributed by atoms with Gasteiger partial charge in [-0.25, -0.2) is 13.6 Å². The number of hydrogen-bond donors (Lipinski definition) is 3. The van der Waals surface area contributed by atoms with Gasteiger partial charge in [-0.1, -0.05) is 0 Å². The predicted molar refractivity (Wildman–Crippen MR) is 93.1 cm³/mol. The van der Waals surface area contributed by atoms with Crippen molar-refractivity contribution < 1.29 is 23.5 Å². The molecule has 2 aliphatic rings. The second kappa shape index (κ2) is 6.86. The zero-order chi connectivity index (χ0) is 20.0. The van der Waals surface area contributed by atoms with Gasteiger partial charge in [-0.3, -0.25) is 14.8 Å². The van der Waals surface area contributed by atoms with Crippen molar-refractivity contribution in [2.45, 2.75) is 37.6 Å². The molecule has 1 aromatic heterocycles. The maximum Gasteiger partial charge on any atom is 0.404 e. The summed E-state index contributed by atoms with van der Waals surface area (Å²) in [6.07, 6.45) is 0.557. The quantitative estimate of drug-likeness (QED) is 0.738. The fourth-order valence-electron chi connectivity index (χ4n) is 4.19. The number of amides is 2. The number of carbonyl (C=O) groups is 2. The van der Waals surface area contributed by atoms with Gasteiger partial charge in [-0.2, -0.15) is 5.10 Å². The lowest BCUT2D eigenvalue weighted by Crippen LogP contribution is -2.59. The van der Waals surface area contributed by atoms with Gasteiger partial charge in [0, 0.05) is 31.3 Å². The molecular formula is C18H19F2N5O3. The summed E-state index contributed by atoms with van der Waals surface area (Å²) in [7, 11) is 1.48. The van der Waals surface area contributed by atoms with Gasteiger partial charge < -0.3 is 15.3 Å². The SMILES string of the molecule is CN1C(=O)[C@H](N2Cc3cn[nH]c3C2)C[C@H](NC(=O)O)[C@H]1c1cc(F)ccc1F. The van der Waals surface area contributed by atoms with E-state index in [1.54, 1.807) is 6.20 Å². The zero-order valence-electron chi connectivity index (χ0n) is 15.0. The van der Waals surface area contributed by atoms with Crippen molar-refractivity contribution in [1.82, 2.24) is 25.3 Å². The van der Waals surface area contributed by atoms with Crippen LogP contribution in [0.5, 0.6) is 0 Å². The molecule has 8 nitrogen and oxygen atoms in total. The molecule has 3 atom stereocenters. The number of nitrogens with one attached hydrogen (secondary N) is 2. The molecule has 10 heteroatoms. The fourth-order valence-corrected chi connectivity index (χ4v) is 4.19. The normalized spacial score (nSPS) is 25.0. The Labute approximate surface area is 159 Å². The van der Waals surface area contributed by atoms with E-state index in [9.17, 15) is 23.5 Å². The van der Waals surface area contributed by atoms with Crippen molar-refractivity contribution in [3.8, 4) is 0 Å².